The molecule has 1 aromatic heterocycles. The van der Waals surface area contributed by atoms with Gasteiger partial charge < -0.3 is 14.9 Å². The van der Waals surface area contributed by atoms with Crippen LogP contribution in [0.2, 0.25) is 0 Å². The Bertz CT molecular complexity index is 838. The molecule has 2 aromatic rings. The Morgan fingerprint density at radius 2 is 1.79 bits per heavy atom. The highest BCUT2D eigenvalue weighted by atomic mass is 32.2. The Kier molecular flexibility index (Phi) is 7.88. The molecule has 158 valence electrons. The Morgan fingerprint density at radius 1 is 1.14 bits per heavy atom. The molecule has 0 radical (unpaired) electrons. The highest BCUT2D eigenvalue weighted by molar-refractivity contribution is 7.99. The van der Waals surface area contributed by atoms with Gasteiger partial charge in [0, 0.05) is 4.90 Å². The number of ether oxygens (including phenoxy) is 1. The number of H-pyrrole nitrogens is 1. The minimum atomic E-state index is -5.08. The standard InChI is InChI=1S/C15H17N3O3S.C2HF3O2/c19-15(20)13-14(17-18-16-13)22-12-8-4-7-11(9-12)21-10-5-2-1-3-6-10;3-2(4,5)1(6)7/h4,7-10H,1-3,5-6H2,(H,19,20)(H,16,17,18);(H,6,7). The number of aliphatic carboxylic acids is 1. The summed E-state index contributed by atoms with van der Waals surface area (Å²) in [6.45, 7) is 0. The van der Waals surface area contributed by atoms with Crippen molar-refractivity contribution in [3.8, 4) is 5.75 Å². The molecule has 0 atom stereocenters. The summed E-state index contributed by atoms with van der Waals surface area (Å²) in [6.07, 6.45) is 1.14. The molecule has 8 nitrogen and oxygen atoms in total. The summed E-state index contributed by atoms with van der Waals surface area (Å²) >= 11 is 1.26. The van der Waals surface area contributed by atoms with E-state index in [2.05, 4.69) is 15.4 Å². The zero-order chi connectivity index (χ0) is 21.4. The van der Waals surface area contributed by atoms with Crippen molar-refractivity contribution in [1.29, 1.82) is 0 Å². The van der Waals surface area contributed by atoms with Gasteiger partial charge in [-0.25, -0.2) is 9.59 Å². The second-order valence-electron chi connectivity index (χ2n) is 6.04. The summed E-state index contributed by atoms with van der Waals surface area (Å²) < 4.78 is 37.8. The predicted molar refractivity (Wildman–Crippen MR) is 95.1 cm³/mol. The summed E-state index contributed by atoms with van der Waals surface area (Å²) in [5, 5.41) is 26.4. The lowest BCUT2D eigenvalue weighted by atomic mass is 9.98. The first kappa shape index (κ1) is 22.5. The molecule has 1 fully saturated rings. The minimum Gasteiger partial charge on any atom is -0.490 e. The van der Waals surface area contributed by atoms with E-state index in [-0.39, 0.29) is 11.8 Å². The van der Waals surface area contributed by atoms with Gasteiger partial charge in [0.1, 0.15) is 5.75 Å². The number of nitrogens with zero attached hydrogens (tertiary/aromatic N) is 2. The van der Waals surface area contributed by atoms with Gasteiger partial charge in [-0.2, -0.15) is 18.4 Å². The lowest BCUT2D eigenvalue weighted by molar-refractivity contribution is -0.192. The maximum Gasteiger partial charge on any atom is 0.490 e. The first-order chi connectivity index (χ1) is 13.7. The van der Waals surface area contributed by atoms with Crippen LogP contribution < -0.4 is 4.74 Å². The third-order valence-corrected chi connectivity index (χ3v) is 4.80. The van der Waals surface area contributed by atoms with Gasteiger partial charge in [-0.1, -0.05) is 24.2 Å². The van der Waals surface area contributed by atoms with E-state index in [1.54, 1.807) is 0 Å². The molecular formula is C17H18F3N3O5S. The van der Waals surface area contributed by atoms with Crippen LogP contribution in [0, 0.1) is 0 Å². The van der Waals surface area contributed by atoms with Crippen molar-refractivity contribution >= 4 is 23.7 Å². The average molecular weight is 433 g/mol. The van der Waals surface area contributed by atoms with Crippen molar-refractivity contribution in [1.82, 2.24) is 15.4 Å². The normalized spacial score (nSPS) is 14.6. The fourth-order valence-corrected chi connectivity index (χ4v) is 3.39. The van der Waals surface area contributed by atoms with Crippen LogP contribution >= 0.6 is 11.8 Å². The van der Waals surface area contributed by atoms with Crippen molar-refractivity contribution in [3.63, 3.8) is 0 Å². The number of carboxylic acid groups (broad SMARTS) is 2. The number of nitrogens with one attached hydrogen (secondary N) is 1. The fourth-order valence-electron chi connectivity index (χ4n) is 2.53. The van der Waals surface area contributed by atoms with Gasteiger partial charge in [-0.15, -0.1) is 10.2 Å². The van der Waals surface area contributed by atoms with E-state index >= 15 is 0 Å². The minimum absolute atomic E-state index is 0.0661. The molecule has 1 aliphatic carbocycles. The van der Waals surface area contributed by atoms with E-state index in [9.17, 15) is 18.0 Å². The summed E-state index contributed by atoms with van der Waals surface area (Å²) in [6, 6.07) is 7.65. The van der Waals surface area contributed by atoms with Gasteiger partial charge in [0.2, 0.25) is 5.69 Å². The molecule has 1 aromatic carbocycles. The molecule has 0 saturated heterocycles. The molecule has 0 unspecified atom stereocenters. The van der Waals surface area contributed by atoms with Crippen LogP contribution in [0.25, 0.3) is 0 Å². The number of aromatic carboxylic acids is 1. The van der Waals surface area contributed by atoms with Gasteiger partial charge in [0.25, 0.3) is 0 Å². The number of alkyl halides is 3. The Balaban J connectivity index is 0.000000370. The molecule has 0 bridgehead atoms. The number of aromatic nitrogens is 3. The number of hydrogen-bond donors (Lipinski definition) is 3. The van der Waals surface area contributed by atoms with Crippen LogP contribution in [0.4, 0.5) is 13.2 Å². The van der Waals surface area contributed by atoms with Crippen LogP contribution in [0.5, 0.6) is 5.75 Å². The topological polar surface area (TPSA) is 125 Å². The zero-order valence-corrected chi connectivity index (χ0v) is 15.8. The molecule has 1 aliphatic rings. The smallest absolute Gasteiger partial charge is 0.490 e. The average Bonchev–Trinajstić information content (AvgIpc) is 3.11. The molecule has 0 amide bonds. The molecule has 12 heteroatoms. The third-order valence-electron chi connectivity index (χ3n) is 3.84. The summed E-state index contributed by atoms with van der Waals surface area (Å²) in [5.74, 6) is -3.03. The van der Waals surface area contributed by atoms with E-state index in [1.165, 1.54) is 31.0 Å². The van der Waals surface area contributed by atoms with Gasteiger partial charge >= 0.3 is 18.1 Å². The van der Waals surface area contributed by atoms with Crippen LogP contribution in [0.1, 0.15) is 42.6 Å². The quantitative estimate of drug-likeness (QED) is 0.646. The number of carboxylic acids is 2. The van der Waals surface area contributed by atoms with Gasteiger partial charge in [0.05, 0.1) is 6.10 Å². The number of benzene rings is 1. The monoisotopic (exact) mass is 433 g/mol. The van der Waals surface area contributed by atoms with Crippen LogP contribution in [0.15, 0.2) is 34.2 Å². The molecule has 3 rings (SSSR count). The molecular weight excluding hydrogens is 415 g/mol. The summed E-state index contributed by atoms with van der Waals surface area (Å²) in [4.78, 5) is 20.8. The van der Waals surface area contributed by atoms with Crippen molar-refractivity contribution in [2.45, 2.75) is 54.3 Å². The van der Waals surface area contributed by atoms with E-state index in [0.29, 0.717) is 5.03 Å². The van der Waals surface area contributed by atoms with Crippen molar-refractivity contribution in [2.24, 2.45) is 0 Å². The Hall–Kier alpha value is -2.76. The molecule has 29 heavy (non-hydrogen) atoms. The first-order valence-corrected chi connectivity index (χ1v) is 9.37. The lowest BCUT2D eigenvalue weighted by Crippen LogP contribution is -2.21. The highest BCUT2D eigenvalue weighted by Gasteiger charge is 2.38. The van der Waals surface area contributed by atoms with E-state index in [1.807, 2.05) is 24.3 Å². The second-order valence-corrected chi connectivity index (χ2v) is 7.10. The predicted octanol–water partition coefficient (Wildman–Crippen LogP) is 4.00. The summed E-state index contributed by atoms with van der Waals surface area (Å²) in [7, 11) is 0. The van der Waals surface area contributed by atoms with Crippen molar-refractivity contribution in [3.05, 3.63) is 30.0 Å². The van der Waals surface area contributed by atoms with Crippen molar-refractivity contribution < 1.29 is 37.7 Å². The fraction of sp³-hybridized carbons (Fsp3) is 0.412. The maximum atomic E-state index is 11.0. The molecule has 1 heterocycles. The van der Waals surface area contributed by atoms with Crippen LogP contribution in [-0.2, 0) is 4.79 Å². The molecule has 0 aliphatic heterocycles. The zero-order valence-electron chi connectivity index (χ0n) is 15.0. The van der Waals surface area contributed by atoms with Gasteiger partial charge in [0.15, 0.2) is 5.03 Å². The van der Waals surface area contributed by atoms with Gasteiger partial charge in [-0.05, 0) is 43.9 Å². The Morgan fingerprint density at radius 3 is 2.38 bits per heavy atom. The SMILES string of the molecule is O=C(O)C(F)(F)F.O=C(O)c1n[nH]nc1Sc1cccc(OC2CCCCC2)c1. The first-order valence-electron chi connectivity index (χ1n) is 8.55. The Labute approximate surface area is 167 Å². The maximum absolute atomic E-state index is 11.0. The molecule has 1 saturated carbocycles. The van der Waals surface area contributed by atoms with Crippen molar-refractivity contribution in [2.75, 3.05) is 0 Å². The number of halogens is 3. The number of aromatic amines is 1. The second kappa shape index (κ2) is 10.1. The number of carbonyl (C=O) groups is 2. The number of hydrogen-bond acceptors (Lipinski definition) is 6. The van der Waals surface area contributed by atoms with E-state index < -0.39 is 18.1 Å². The third kappa shape index (κ3) is 7.29. The number of rotatable bonds is 5. The van der Waals surface area contributed by atoms with E-state index in [0.717, 1.165) is 23.5 Å². The molecule has 0 spiro atoms. The highest BCUT2D eigenvalue weighted by Crippen LogP contribution is 2.31. The lowest BCUT2D eigenvalue weighted by Gasteiger charge is -2.23. The van der Waals surface area contributed by atoms with E-state index in [4.69, 9.17) is 19.7 Å². The van der Waals surface area contributed by atoms with Gasteiger partial charge in [-0.3, -0.25) is 0 Å². The summed E-state index contributed by atoms with van der Waals surface area (Å²) in [5.41, 5.74) is -0.0661. The van der Waals surface area contributed by atoms with Crippen LogP contribution in [-0.4, -0.2) is 49.8 Å². The molecule has 3 N–H and O–H groups in total. The van der Waals surface area contributed by atoms with Crippen LogP contribution in [0.3, 0.4) is 0 Å². The largest absolute Gasteiger partial charge is 0.490 e.